The van der Waals surface area contributed by atoms with Crippen molar-refractivity contribution < 1.29 is 63.1 Å². The van der Waals surface area contributed by atoms with Crippen LogP contribution in [0.4, 0.5) is 0 Å². The fourth-order valence-electron chi connectivity index (χ4n) is 6.53. The van der Waals surface area contributed by atoms with Crippen molar-refractivity contribution in [2.45, 2.75) is 217 Å². The predicted octanol–water partition coefficient (Wildman–Crippen LogP) is 8.22. The molecule has 0 saturated heterocycles. The summed E-state index contributed by atoms with van der Waals surface area (Å²) in [6.07, 6.45) is 24.9. The molecule has 0 aromatic heterocycles. The zero-order valence-corrected chi connectivity index (χ0v) is 36.5. The average molecular weight is 847 g/mol. The number of carbonyl (C=O) groups excluding carboxylic acids is 2. The van der Waals surface area contributed by atoms with Gasteiger partial charge in [0.2, 0.25) is 0 Å². The molecule has 1 aliphatic rings. The van der Waals surface area contributed by atoms with Crippen LogP contribution in [0.2, 0.25) is 0 Å². The van der Waals surface area contributed by atoms with Gasteiger partial charge in [0.25, 0.3) is 0 Å². The topological polar surface area (TPSA) is 210 Å². The maximum atomic E-state index is 12.8. The second kappa shape index (κ2) is 34.7. The molecule has 338 valence electrons. The normalized spacial score (nSPS) is 22.8. The second-order valence-electron chi connectivity index (χ2n) is 15.5. The van der Waals surface area contributed by atoms with Crippen molar-refractivity contribution in [3.63, 3.8) is 0 Å². The second-order valence-corrected chi connectivity index (χ2v) is 16.9. The number of esters is 2. The van der Waals surface area contributed by atoms with Gasteiger partial charge in [-0.2, -0.15) is 0 Å². The third-order valence-corrected chi connectivity index (χ3v) is 11.2. The Hall–Kier alpha value is -1.93. The van der Waals surface area contributed by atoms with Crippen LogP contribution in [-0.4, -0.2) is 98.3 Å². The fraction of sp³-hybridized carbons (Fsp3) is 0.818. The van der Waals surface area contributed by atoms with Gasteiger partial charge in [0.05, 0.1) is 6.61 Å². The largest absolute Gasteiger partial charge is 0.472 e. The van der Waals surface area contributed by atoms with Crippen molar-refractivity contribution in [2.75, 3.05) is 13.2 Å². The highest BCUT2D eigenvalue weighted by molar-refractivity contribution is 7.47. The van der Waals surface area contributed by atoms with E-state index in [1.807, 2.05) is 0 Å². The predicted molar refractivity (Wildman–Crippen MR) is 226 cm³/mol. The Labute approximate surface area is 348 Å². The molecular formula is C44H79O13P. The Bertz CT molecular complexity index is 1160. The first kappa shape index (κ1) is 54.1. The molecule has 1 aliphatic carbocycles. The number of hydrogen-bond acceptors (Lipinski definition) is 12. The van der Waals surface area contributed by atoms with Gasteiger partial charge in [-0.1, -0.05) is 134 Å². The molecule has 0 bridgehead atoms. The van der Waals surface area contributed by atoms with Gasteiger partial charge in [-0.05, 0) is 64.2 Å². The van der Waals surface area contributed by atoms with Crippen LogP contribution in [0.25, 0.3) is 0 Å². The van der Waals surface area contributed by atoms with Crippen molar-refractivity contribution in [3.8, 4) is 0 Å². The smallest absolute Gasteiger partial charge is 0.462 e. The van der Waals surface area contributed by atoms with E-state index in [4.69, 9.17) is 18.5 Å². The van der Waals surface area contributed by atoms with Crippen molar-refractivity contribution in [2.24, 2.45) is 0 Å². The van der Waals surface area contributed by atoms with E-state index >= 15 is 0 Å². The molecule has 6 unspecified atom stereocenters. The lowest BCUT2D eigenvalue weighted by molar-refractivity contribution is -0.220. The van der Waals surface area contributed by atoms with Gasteiger partial charge in [-0.25, -0.2) is 4.57 Å². The summed E-state index contributed by atoms with van der Waals surface area (Å²) in [5.74, 6) is -1.13. The Morgan fingerprint density at radius 2 is 0.948 bits per heavy atom. The number of aliphatic hydroxyl groups excluding tert-OH is 5. The van der Waals surface area contributed by atoms with Crippen molar-refractivity contribution >= 4 is 19.8 Å². The minimum absolute atomic E-state index is 0.0788. The highest BCUT2D eigenvalue weighted by Crippen LogP contribution is 2.47. The molecule has 0 amide bonds. The number of ether oxygens (including phenoxy) is 2. The van der Waals surface area contributed by atoms with E-state index in [0.717, 1.165) is 83.5 Å². The Balaban J connectivity index is 2.50. The molecule has 1 fully saturated rings. The SMILES string of the molecule is CCCC/C=C/C/C=C/CCCCCCCC(=O)O[C@@H](COC(=O)CCCCCCC/C=C/CCCCCCCC)COP(=O)(O)OC1C(O)C(O)C(O)[C@H](O)C1O. The quantitative estimate of drug-likeness (QED) is 0.0152. The minimum Gasteiger partial charge on any atom is -0.462 e. The molecule has 14 heteroatoms. The summed E-state index contributed by atoms with van der Waals surface area (Å²) in [5, 5.41) is 50.1. The van der Waals surface area contributed by atoms with Crippen LogP contribution in [0.3, 0.4) is 0 Å². The maximum Gasteiger partial charge on any atom is 0.472 e. The molecule has 13 nitrogen and oxygen atoms in total. The van der Waals surface area contributed by atoms with E-state index in [-0.39, 0.29) is 12.8 Å². The molecular weight excluding hydrogens is 767 g/mol. The number of hydrogen-bond donors (Lipinski definition) is 6. The van der Waals surface area contributed by atoms with Gasteiger partial charge in [-0.15, -0.1) is 0 Å². The average Bonchev–Trinajstić information content (AvgIpc) is 3.20. The Morgan fingerprint density at radius 1 is 0.534 bits per heavy atom. The molecule has 0 radical (unpaired) electrons. The number of aliphatic hydroxyl groups is 5. The zero-order chi connectivity index (χ0) is 42.9. The molecule has 0 heterocycles. The summed E-state index contributed by atoms with van der Waals surface area (Å²) >= 11 is 0. The highest BCUT2D eigenvalue weighted by atomic mass is 31.2. The van der Waals surface area contributed by atoms with E-state index in [0.29, 0.717) is 12.8 Å². The monoisotopic (exact) mass is 847 g/mol. The van der Waals surface area contributed by atoms with Gasteiger partial charge in [0.15, 0.2) is 6.10 Å². The van der Waals surface area contributed by atoms with Gasteiger partial charge in [0, 0.05) is 12.8 Å². The van der Waals surface area contributed by atoms with Gasteiger partial charge >= 0.3 is 19.8 Å². The highest BCUT2D eigenvalue weighted by Gasteiger charge is 2.51. The van der Waals surface area contributed by atoms with Crippen molar-refractivity contribution in [1.82, 2.24) is 0 Å². The zero-order valence-electron chi connectivity index (χ0n) is 35.6. The maximum absolute atomic E-state index is 12.8. The molecule has 0 aromatic carbocycles. The van der Waals surface area contributed by atoms with E-state index < -0.39 is 75.7 Å². The van der Waals surface area contributed by atoms with Crippen LogP contribution in [0, 0.1) is 0 Å². The van der Waals surface area contributed by atoms with Crippen LogP contribution in [0.1, 0.15) is 174 Å². The Kier molecular flexibility index (Phi) is 32.4. The third kappa shape index (κ3) is 27.0. The molecule has 8 atom stereocenters. The first-order valence-electron chi connectivity index (χ1n) is 22.3. The molecule has 1 rings (SSSR count). The summed E-state index contributed by atoms with van der Waals surface area (Å²) < 4.78 is 33.5. The first-order valence-corrected chi connectivity index (χ1v) is 23.8. The lowest BCUT2D eigenvalue weighted by atomic mass is 9.85. The van der Waals surface area contributed by atoms with E-state index in [2.05, 4.69) is 50.3 Å². The number of rotatable bonds is 36. The third-order valence-electron chi connectivity index (χ3n) is 10.2. The van der Waals surface area contributed by atoms with E-state index in [1.165, 1.54) is 51.4 Å². The first-order chi connectivity index (χ1) is 27.9. The number of phosphoric acid groups is 1. The Morgan fingerprint density at radius 3 is 1.47 bits per heavy atom. The molecule has 58 heavy (non-hydrogen) atoms. The standard InChI is InChI=1S/C44H79O13P/c1-3-5-7-9-11-13-15-17-19-21-22-24-26-28-30-32-37(45)54-34-36(35-55-58(52,53)57-44-42(50)40(48)39(47)41(49)43(44)51)56-38(46)33-31-29-27-25-23-20-18-16-14-12-10-8-6-4-2/h10,12,16-19,36,39-44,47-51H,3-9,11,13-15,20-35H2,1-2H3,(H,52,53)/b12-10+,18-16+,19-17+/t36-,39?,40-,41?,42?,43?,44?/m0/s1. The summed E-state index contributed by atoms with van der Waals surface area (Å²) in [6, 6.07) is 0. The van der Waals surface area contributed by atoms with Crippen molar-refractivity contribution in [3.05, 3.63) is 36.5 Å². The summed E-state index contributed by atoms with van der Waals surface area (Å²) in [4.78, 5) is 35.6. The number of carbonyl (C=O) groups is 2. The number of phosphoric ester groups is 1. The van der Waals surface area contributed by atoms with Crippen LogP contribution in [0.15, 0.2) is 36.5 Å². The molecule has 0 aliphatic heterocycles. The summed E-state index contributed by atoms with van der Waals surface area (Å²) in [7, 11) is -5.12. The van der Waals surface area contributed by atoms with Gasteiger partial charge in [0.1, 0.15) is 43.2 Å². The van der Waals surface area contributed by atoms with Crippen LogP contribution in [-0.2, 0) is 32.7 Å². The molecule has 1 saturated carbocycles. The minimum atomic E-state index is -5.12. The van der Waals surface area contributed by atoms with Crippen LogP contribution < -0.4 is 0 Å². The molecule has 0 spiro atoms. The van der Waals surface area contributed by atoms with Crippen LogP contribution in [0.5, 0.6) is 0 Å². The summed E-state index contributed by atoms with van der Waals surface area (Å²) in [6.45, 7) is 3.22. The lowest BCUT2D eigenvalue weighted by Gasteiger charge is -2.41. The number of allylic oxidation sites excluding steroid dienone is 6. The van der Waals surface area contributed by atoms with Crippen molar-refractivity contribution in [1.29, 1.82) is 0 Å². The van der Waals surface area contributed by atoms with Gasteiger partial charge in [-0.3, -0.25) is 18.6 Å². The summed E-state index contributed by atoms with van der Waals surface area (Å²) in [5.41, 5.74) is 0. The van der Waals surface area contributed by atoms with Crippen LogP contribution >= 0.6 is 7.82 Å². The van der Waals surface area contributed by atoms with Gasteiger partial charge < -0.3 is 39.9 Å². The molecule has 6 N–H and O–H groups in total. The van der Waals surface area contributed by atoms with E-state index in [9.17, 15) is 44.6 Å². The number of unbranched alkanes of at least 4 members (excludes halogenated alkanes) is 18. The molecule has 0 aromatic rings. The van der Waals surface area contributed by atoms with E-state index in [1.54, 1.807) is 0 Å². The fourth-order valence-corrected chi connectivity index (χ4v) is 7.51. The lowest BCUT2D eigenvalue weighted by Crippen LogP contribution is -2.64.